The standard InChI is InChI=1S/C13H11ClFNO/c1-8-6-7-11(16(2)13(8)17)12-9(14)4-3-5-10(12)15/h3-7H,1-2H3. The second-order valence-electron chi connectivity index (χ2n) is 3.86. The minimum absolute atomic E-state index is 0.151. The van der Waals surface area contributed by atoms with E-state index in [2.05, 4.69) is 0 Å². The summed E-state index contributed by atoms with van der Waals surface area (Å²) in [6.07, 6.45) is 0. The number of rotatable bonds is 1. The molecule has 17 heavy (non-hydrogen) atoms. The molecule has 0 N–H and O–H groups in total. The lowest BCUT2D eigenvalue weighted by Gasteiger charge is -2.11. The molecule has 0 aliphatic carbocycles. The number of pyridine rings is 1. The third kappa shape index (κ3) is 1.98. The molecule has 0 bridgehead atoms. The molecule has 1 aromatic heterocycles. The predicted octanol–water partition coefficient (Wildman–Crippen LogP) is 3.15. The quantitative estimate of drug-likeness (QED) is 0.763. The van der Waals surface area contributed by atoms with Crippen molar-refractivity contribution in [3.63, 3.8) is 0 Å². The van der Waals surface area contributed by atoms with E-state index in [9.17, 15) is 9.18 Å². The van der Waals surface area contributed by atoms with Crippen LogP contribution in [-0.4, -0.2) is 4.57 Å². The van der Waals surface area contributed by atoms with E-state index in [0.29, 0.717) is 16.3 Å². The van der Waals surface area contributed by atoms with Gasteiger partial charge in [0.05, 0.1) is 16.3 Å². The van der Waals surface area contributed by atoms with Crippen LogP contribution in [0.3, 0.4) is 0 Å². The Hall–Kier alpha value is -1.61. The fraction of sp³-hybridized carbons (Fsp3) is 0.154. The van der Waals surface area contributed by atoms with Gasteiger partial charge in [0.25, 0.3) is 5.56 Å². The first-order valence-electron chi connectivity index (χ1n) is 5.13. The van der Waals surface area contributed by atoms with Gasteiger partial charge in [-0.25, -0.2) is 4.39 Å². The Balaban J connectivity index is 2.79. The van der Waals surface area contributed by atoms with Crippen LogP contribution >= 0.6 is 11.6 Å². The molecule has 0 aliphatic heterocycles. The average Bonchev–Trinajstić information content (AvgIpc) is 2.29. The van der Waals surface area contributed by atoms with Gasteiger partial charge < -0.3 is 4.57 Å². The maximum Gasteiger partial charge on any atom is 0.253 e. The molecule has 0 saturated heterocycles. The van der Waals surface area contributed by atoms with Crippen LogP contribution in [0.5, 0.6) is 0 Å². The lowest BCUT2D eigenvalue weighted by atomic mass is 10.1. The zero-order valence-electron chi connectivity index (χ0n) is 9.50. The van der Waals surface area contributed by atoms with Gasteiger partial charge in [-0.1, -0.05) is 23.7 Å². The molecule has 0 fully saturated rings. The van der Waals surface area contributed by atoms with Gasteiger partial charge in [0, 0.05) is 12.6 Å². The van der Waals surface area contributed by atoms with Crippen LogP contribution in [0.2, 0.25) is 5.02 Å². The summed E-state index contributed by atoms with van der Waals surface area (Å²) in [5.74, 6) is -0.434. The zero-order valence-corrected chi connectivity index (χ0v) is 10.3. The van der Waals surface area contributed by atoms with E-state index >= 15 is 0 Å². The second kappa shape index (κ2) is 4.34. The molecule has 0 radical (unpaired) electrons. The summed E-state index contributed by atoms with van der Waals surface area (Å²) in [4.78, 5) is 11.8. The molecule has 2 aromatic rings. The highest BCUT2D eigenvalue weighted by Crippen LogP contribution is 2.29. The smallest absolute Gasteiger partial charge is 0.253 e. The van der Waals surface area contributed by atoms with Crippen molar-refractivity contribution < 1.29 is 4.39 Å². The minimum Gasteiger partial charge on any atom is -0.311 e. The van der Waals surface area contributed by atoms with Crippen molar-refractivity contribution >= 4 is 11.6 Å². The summed E-state index contributed by atoms with van der Waals surface area (Å²) in [5.41, 5.74) is 1.20. The molecular formula is C13H11ClFNO. The van der Waals surface area contributed by atoms with Crippen LogP contribution in [0.1, 0.15) is 5.56 Å². The molecule has 1 aromatic carbocycles. The van der Waals surface area contributed by atoms with Gasteiger partial charge in [-0.2, -0.15) is 0 Å². The van der Waals surface area contributed by atoms with Crippen molar-refractivity contribution in [2.45, 2.75) is 6.92 Å². The number of hydrogen-bond acceptors (Lipinski definition) is 1. The summed E-state index contributed by atoms with van der Waals surface area (Å²) in [6, 6.07) is 7.82. The van der Waals surface area contributed by atoms with Crippen molar-refractivity contribution in [1.29, 1.82) is 0 Å². The van der Waals surface area contributed by atoms with Gasteiger partial charge in [0.15, 0.2) is 0 Å². The summed E-state index contributed by atoms with van der Waals surface area (Å²) in [6.45, 7) is 1.72. The summed E-state index contributed by atoms with van der Waals surface area (Å²) >= 11 is 5.97. The van der Waals surface area contributed by atoms with Gasteiger partial charge in [-0.3, -0.25) is 4.79 Å². The third-order valence-corrected chi connectivity index (χ3v) is 3.03. The molecule has 4 heteroatoms. The molecular weight excluding hydrogens is 241 g/mol. The molecule has 0 unspecified atom stereocenters. The van der Waals surface area contributed by atoms with Gasteiger partial charge in [-0.05, 0) is 25.1 Å². The number of halogens is 2. The van der Waals surface area contributed by atoms with E-state index in [1.165, 1.54) is 16.7 Å². The topological polar surface area (TPSA) is 22.0 Å². The zero-order chi connectivity index (χ0) is 12.6. The van der Waals surface area contributed by atoms with Crippen molar-refractivity contribution in [2.24, 2.45) is 7.05 Å². The molecule has 0 aliphatic rings. The summed E-state index contributed by atoms with van der Waals surface area (Å²) in [7, 11) is 1.60. The maximum absolute atomic E-state index is 13.7. The Kier molecular flexibility index (Phi) is 3.03. The molecule has 2 nitrogen and oxygen atoms in total. The lowest BCUT2D eigenvalue weighted by molar-refractivity contribution is 0.629. The highest BCUT2D eigenvalue weighted by atomic mass is 35.5. The first kappa shape index (κ1) is 11.9. The van der Waals surface area contributed by atoms with Gasteiger partial charge in [-0.15, -0.1) is 0 Å². The van der Waals surface area contributed by atoms with Crippen LogP contribution in [0.4, 0.5) is 4.39 Å². The van der Waals surface area contributed by atoms with Gasteiger partial charge in [0.1, 0.15) is 5.82 Å². The number of nitrogens with zero attached hydrogens (tertiary/aromatic N) is 1. The molecule has 0 atom stereocenters. The maximum atomic E-state index is 13.7. The Morgan fingerprint density at radius 3 is 2.59 bits per heavy atom. The predicted molar refractivity (Wildman–Crippen MR) is 66.8 cm³/mol. The molecule has 0 saturated carbocycles. The first-order chi connectivity index (χ1) is 8.02. The van der Waals surface area contributed by atoms with Gasteiger partial charge >= 0.3 is 0 Å². The number of hydrogen-bond donors (Lipinski definition) is 0. The van der Waals surface area contributed by atoms with Crippen molar-refractivity contribution in [3.05, 3.63) is 57.1 Å². The molecule has 88 valence electrons. The number of aryl methyl sites for hydroxylation is 1. The monoisotopic (exact) mass is 251 g/mol. The number of aromatic nitrogens is 1. The van der Waals surface area contributed by atoms with E-state index in [0.717, 1.165) is 0 Å². The van der Waals surface area contributed by atoms with E-state index in [4.69, 9.17) is 11.6 Å². The van der Waals surface area contributed by atoms with E-state index in [1.807, 2.05) is 0 Å². The second-order valence-corrected chi connectivity index (χ2v) is 4.27. The average molecular weight is 252 g/mol. The Morgan fingerprint density at radius 1 is 1.24 bits per heavy atom. The minimum atomic E-state index is -0.434. The fourth-order valence-electron chi connectivity index (χ4n) is 1.75. The van der Waals surface area contributed by atoms with Crippen LogP contribution in [0.15, 0.2) is 35.1 Å². The van der Waals surface area contributed by atoms with Crippen molar-refractivity contribution in [1.82, 2.24) is 4.57 Å². The summed E-state index contributed by atoms with van der Waals surface area (Å²) < 4.78 is 15.2. The molecule has 1 heterocycles. The fourth-order valence-corrected chi connectivity index (χ4v) is 2.01. The van der Waals surface area contributed by atoms with E-state index in [-0.39, 0.29) is 11.1 Å². The van der Waals surface area contributed by atoms with Gasteiger partial charge in [0.2, 0.25) is 0 Å². The van der Waals surface area contributed by atoms with Crippen LogP contribution < -0.4 is 5.56 Å². The Morgan fingerprint density at radius 2 is 1.94 bits per heavy atom. The highest BCUT2D eigenvalue weighted by molar-refractivity contribution is 6.33. The highest BCUT2D eigenvalue weighted by Gasteiger charge is 2.13. The van der Waals surface area contributed by atoms with Crippen LogP contribution in [0, 0.1) is 12.7 Å². The van der Waals surface area contributed by atoms with E-state index < -0.39 is 5.82 Å². The molecule has 0 amide bonds. The molecule has 2 rings (SSSR count). The van der Waals surface area contributed by atoms with Crippen LogP contribution in [0.25, 0.3) is 11.3 Å². The van der Waals surface area contributed by atoms with Crippen molar-refractivity contribution in [2.75, 3.05) is 0 Å². The number of benzene rings is 1. The SMILES string of the molecule is Cc1ccc(-c2c(F)cccc2Cl)n(C)c1=O. The van der Waals surface area contributed by atoms with Crippen LogP contribution in [-0.2, 0) is 7.05 Å². The van der Waals surface area contributed by atoms with E-state index in [1.54, 1.807) is 32.2 Å². The largest absolute Gasteiger partial charge is 0.311 e. The normalized spacial score (nSPS) is 10.6. The first-order valence-corrected chi connectivity index (χ1v) is 5.51. The Labute approximate surface area is 103 Å². The summed E-state index contributed by atoms with van der Waals surface area (Å²) in [5, 5.41) is 0.295. The molecule has 0 spiro atoms. The third-order valence-electron chi connectivity index (χ3n) is 2.71. The van der Waals surface area contributed by atoms with Crippen molar-refractivity contribution in [3.8, 4) is 11.3 Å². The Bertz CT molecular complexity index is 614. The lowest BCUT2D eigenvalue weighted by Crippen LogP contribution is -2.20.